The molecule has 1 aliphatic heterocycles. The molecule has 0 spiro atoms. The van der Waals surface area contributed by atoms with Gasteiger partial charge in [-0.2, -0.15) is 0 Å². The van der Waals surface area contributed by atoms with Gasteiger partial charge < -0.3 is 15.0 Å². The van der Waals surface area contributed by atoms with E-state index >= 15 is 0 Å². The molecule has 6 nitrogen and oxygen atoms in total. The number of aryl methyl sites for hydroxylation is 2. The number of rotatable bonds is 6. The predicted molar refractivity (Wildman–Crippen MR) is 118 cm³/mol. The number of ether oxygens (including phenoxy) is 1. The standard InChI is InChI=1S/C22H29N3O3S/c1-5-24-8-10-25(11-9-24)13-19(26)23-21-20(22(27)28-4)18(14-29-21)17-12-15(2)6-7-16(17)3/h6-7,12,14H,5,8-11,13H2,1-4H3,(H,23,26). The van der Waals surface area contributed by atoms with Gasteiger partial charge in [-0.25, -0.2) is 4.79 Å². The second-order valence-electron chi connectivity index (χ2n) is 7.42. The number of amides is 1. The van der Waals surface area contributed by atoms with Crippen molar-refractivity contribution >= 4 is 28.2 Å². The Morgan fingerprint density at radius 1 is 1.10 bits per heavy atom. The van der Waals surface area contributed by atoms with Gasteiger partial charge in [0.2, 0.25) is 5.91 Å². The molecule has 0 aliphatic carbocycles. The highest BCUT2D eigenvalue weighted by molar-refractivity contribution is 7.15. The van der Waals surface area contributed by atoms with Crippen molar-refractivity contribution in [2.24, 2.45) is 0 Å². The summed E-state index contributed by atoms with van der Waals surface area (Å²) in [6, 6.07) is 6.14. The lowest BCUT2D eigenvalue weighted by atomic mass is 9.97. The maximum Gasteiger partial charge on any atom is 0.341 e. The van der Waals surface area contributed by atoms with E-state index < -0.39 is 5.97 Å². The van der Waals surface area contributed by atoms with Crippen molar-refractivity contribution in [1.82, 2.24) is 9.80 Å². The number of likely N-dealkylation sites (N-methyl/N-ethyl adjacent to an activating group) is 1. The Labute approximate surface area is 176 Å². The van der Waals surface area contributed by atoms with E-state index in [2.05, 4.69) is 28.1 Å². The number of hydrogen-bond acceptors (Lipinski definition) is 6. The van der Waals surface area contributed by atoms with E-state index in [4.69, 9.17) is 4.74 Å². The number of thiophene rings is 1. The summed E-state index contributed by atoms with van der Waals surface area (Å²) < 4.78 is 5.02. The highest BCUT2D eigenvalue weighted by Gasteiger charge is 2.24. The van der Waals surface area contributed by atoms with Crippen molar-refractivity contribution in [3.63, 3.8) is 0 Å². The average molecular weight is 416 g/mol. The summed E-state index contributed by atoms with van der Waals surface area (Å²) in [6.45, 7) is 11.3. The van der Waals surface area contributed by atoms with Crippen LogP contribution in [-0.4, -0.2) is 68.1 Å². The van der Waals surface area contributed by atoms with Gasteiger partial charge in [-0.3, -0.25) is 9.69 Å². The Morgan fingerprint density at radius 3 is 2.45 bits per heavy atom. The number of benzene rings is 1. The molecule has 3 rings (SSSR count). The molecule has 0 bridgehead atoms. The van der Waals surface area contributed by atoms with Crippen LogP contribution in [0.15, 0.2) is 23.6 Å². The van der Waals surface area contributed by atoms with Gasteiger partial charge in [-0.15, -0.1) is 11.3 Å². The zero-order chi connectivity index (χ0) is 21.0. The second kappa shape index (κ2) is 9.52. The van der Waals surface area contributed by atoms with Crippen LogP contribution >= 0.6 is 11.3 Å². The first-order valence-electron chi connectivity index (χ1n) is 9.95. The molecule has 0 atom stereocenters. The minimum absolute atomic E-state index is 0.102. The van der Waals surface area contributed by atoms with Crippen LogP contribution in [0.4, 0.5) is 5.00 Å². The summed E-state index contributed by atoms with van der Waals surface area (Å²) in [4.78, 5) is 29.7. The first kappa shape index (κ1) is 21.5. The van der Waals surface area contributed by atoms with Gasteiger partial charge in [0.1, 0.15) is 10.6 Å². The summed E-state index contributed by atoms with van der Waals surface area (Å²) in [7, 11) is 1.37. The summed E-state index contributed by atoms with van der Waals surface area (Å²) in [5.74, 6) is -0.538. The Morgan fingerprint density at radius 2 is 1.79 bits per heavy atom. The normalized spacial score (nSPS) is 15.3. The number of nitrogens with zero attached hydrogens (tertiary/aromatic N) is 2. The molecule has 1 aromatic carbocycles. The van der Waals surface area contributed by atoms with E-state index in [1.54, 1.807) is 0 Å². The predicted octanol–water partition coefficient (Wildman–Crippen LogP) is 3.39. The average Bonchev–Trinajstić information content (AvgIpc) is 3.12. The third-order valence-corrected chi connectivity index (χ3v) is 6.29. The quantitative estimate of drug-likeness (QED) is 0.733. The molecule has 1 aromatic heterocycles. The number of carbonyl (C=O) groups is 2. The summed E-state index contributed by atoms with van der Waals surface area (Å²) in [5, 5.41) is 5.41. The first-order chi connectivity index (χ1) is 13.9. The van der Waals surface area contributed by atoms with Gasteiger partial charge >= 0.3 is 5.97 Å². The first-order valence-corrected chi connectivity index (χ1v) is 10.8. The zero-order valence-electron chi connectivity index (χ0n) is 17.6. The molecule has 0 saturated carbocycles. The number of esters is 1. The molecule has 1 saturated heterocycles. The fourth-order valence-corrected chi connectivity index (χ4v) is 4.58. The van der Waals surface area contributed by atoms with E-state index in [0.29, 0.717) is 17.1 Å². The van der Waals surface area contributed by atoms with Crippen molar-refractivity contribution in [2.75, 3.05) is 51.7 Å². The number of hydrogen-bond donors (Lipinski definition) is 1. The maximum absolute atomic E-state index is 12.6. The second-order valence-corrected chi connectivity index (χ2v) is 8.30. The molecular weight excluding hydrogens is 386 g/mol. The third-order valence-electron chi connectivity index (χ3n) is 5.40. The van der Waals surface area contributed by atoms with Crippen LogP contribution in [0.2, 0.25) is 0 Å². The summed E-state index contributed by atoms with van der Waals surface area (Å²) >= 11 is 1.36. The fraction of sp³-hybridized carbons (Fsp3) is 0.455. The van der Waals surface area contributed by atoms with E-state index in [-0.39, 0.29) is 5.91 Å². The maximum atomic E-state index is 12.6. The lowest BCUT2D eigenvalue weighted by molar-refractivity contribution is -0.117. The van der Waals surface area contributed by atoms with Gasteiger partial charge in [0, 0.05) is 37.1 Å². The van der Waals surface area contributed by atoms with Gasteiger partial charge in [0.15, 0.2) is 0 Å². The molecular formula is C22H29N3O3S. The molecule has 1 fully saturated rings. The molecule has 1 amide bonds. The lowest BCUT2D eigenvalue weighted by Crippen LogP contribution is -2.48. The topological polar surface area (TPSA) is 61.9 Å². The van der Waals surface area contributed by atoms with Crippen molar-refractivity contribution in [2.45, 2.75) is 20.8 Å². The monoisotopic (exact) mass is 415 g/mol. The minimum Gasteiger partial charge on any atom is -0.465 e. The fourth-order valence-electron chi connectivity index (χ4n) is 3.61. The Kier molecular flexibility index (Phi) is 7.05. The number of carbonyl (C=O) groups excluding carboxylic acids is 2. The van der Waals surface area contributed by atoms with E-state index in [9.17, 15) is 9.59 Å². The minimum atomic E-state index is -0.436. The van der Waals surface area contributed by atoms with Crippen LogP contribution < -0.4 is 5.32 Å². The highest BCUT2D eigenvalue weighted by atomic mass is 32.1. The lowest BCUT2D eigenvalue weighted by Gasteiger charge is -2.33. The van der Waals surface area contributed by atoms with Crippen LogP contribution in [0.1, 0.15) is 28.4 Å². The van der Waals surface area contributed by atoms with Crippen LogP contribution in [0.25, 0.3) is 11.1 Å². The van der Waals surface area contributed by atoms with E-state index in [0.717, 1.165) is 55.0 Å². The Hall–Kier alpha value is -2.22. The largest absolute Gasteiger partial charge is 0.465 e. The summed E-state index contributed by atoms with van der Waals surface area (Å²) in [5.41, 5.74) is 4.40. The molecule has 2 aromatic rings. The van der Waals surface area contributed by atoms with E-state index in [1.165, 1.54) is 18.4 Å². The summed E-state index contributed by atoms with van der Waals surface area (Å²) in [6.07, 6.45) is 0. The van der Waals surface area contributed by atoms with Gasteiger partial charge in [-0.1, -0.05) is 30.7 Å². The Bertz CT molecular complexity index is 885. The van der Waals surface area contributed by atoms with Gasteiger partial charge in [0.05, 0.1) is 13.7 Å². The van der Waals surface area contributed by atoms with Crippen molar-refractivity contribution in [3.05, 3.63) is 40.3 Å². The molecule has 0 unspecified atom stereocenters. The molecule has 156 valence electrons. The van der Waals surface area contributed by atoms with Crippen molar-refractivity contribution < 1.29 is 14.3 Å². The van der Waals surface area contributed by atoms with Crippen molar-refractivity contribution in [1.29, 1.82) is 0 Å². The highest BCUT2D eigenvalue weighted by Crippen LogP contribution is 2.38. The van der Waals surface area contributed by atoms with Gasteiger partial charge in [0.25, 0.3) is 0 Å². The number of methoxy groups -OCH3 is 1. The van der Waals surface area contributed by atoms with Crippen LogP contribution in [0, 0.1) is 13.8 Å². The van der Waals surface area contributed by atoms with Crippen molar-refractivity contribution in [3.8, 4) is 11.1 Å². The molecule has 7 heteroatoms. The van der Waals surface area contributed by atoms with E-state index in [1.807, 2.05) is 31.4 Å². The van der Waals surface area contributed by atoms with Crippen LogP contribution in [0.3, 0.4) is 0 Å². The smallest absolute Gasteiger partial charge is 0.341 e. The number of anilines is 1. The number of piperazine rings is 1. The number of nitrogens with one attached hydrogen (secondary N) is 1. The Balaban J connectivity index is 1.79. The molecule has 1 aliphatic rings. The SMILES string of the molecule is CCN1CCN(CC(=O)Nc2scc(-c3cc(C)ccc3C)c2C(=O)OC)CC1. The molecule has 29 heavy (non-hydrogen) atoms. The van der Waals surface area contributed by atoms with Gasteiger partial charge in [-0.05, 0) is 31.5 Å². The zero-order valence-corrected chi connectivity index (χ0v) is 18.4. The molecule has 1 N–H and O–H groups in total. The molecule has 0 radical (unpaired) electrons. The molecule has 2 heterocycles. The van der Waals surface area contributed by atoms with Crippen LogP contribution in [0.5, 0.6) is 0 Å². The van der Waals surface area contributed by atoms with Crippen LogP contribution in [-0.2, 0) is 9.53 Å². The third kappa shape index (κ3) is 5.04.